The Hall–Kier alpha value is -2.22. The molecular weight excluding hydrogens is 267 g/mol. The number of nitro benzene ring substituents is 1. The summed E-state index contributed by atoms with van der Waals surface area (Å²) < 4.78 is 13.2. The highest BCUT2D eigenvalue weighted by Crippen LogP contribution is 2.24. The first-order valence-corrected chi connectivity index (χ1v) is 5.91. The lowest BCUT2D eigenvalue weighted by molar-refractivity contribution is -0.385. The molecule has 0 aromatic heterocycles. The molecule has 1 atom stereocenters. The lowest BCUT2D eigenvalue weighted by atomic mass is 10.1. The van der Waals surface area contributed by atoms with Crippen molar-refractivity contribution in [3.05, 3.63) is 33.6 Å². The maximum atomic E-state index is 13.2. The fourth-order valence-corrected chi connectivity index (χ4v) is 1.81. The summed E-state index contributed by atoms with van der Waals surface area (Å²) in [5.74, 6) is -1.58. The number of rotatable bonds is 5. The van der Waals surface area contributed by atoms with E-state index in [1.807, 2.05) is 19.0 Å². The van der Waals surface area contributed by atoms with Gasteiger partial charge in [0.2, 0.25) is 0 Å². The van der Waals surface area contributed by atoms with Crippen molar-refractivity contribution in [3.63, 3.8) is 0 Å². The van der Waals surface area contributed by atoms with Gasteiger partial charge in [-0.05, 0) is 27.1 Å². The molecule has 1 amide bonds. The number of nitrogens with one attached hydrogen (secondary N) is 1. The minimum Gasteiger partial charge on any atom is -0.396 e. The van der Waals surface area contributed by atoms with Gasteiger partial charge in [-0.1, -0.05) is 0 Å². The maximum Gasteiger partial charge on any atom is 0.285 e. The molecule has 1 unspecified atom stereocenters. The van der Waals surface area contributed by atoms with Crippen LogP contribution in [-0.4, -0.2) is 42.4 Å². The van der Waals surface area contributed by atoms with Crippen molar-refractivity contribution in [1.82, 2.24) is 10.2 Å². The van der Waals surface area contributed by atoms with Gasteiger partial charge in [-0.25, -0.2) is 4.39 Å². The molecule has 0 radical (unpaired) electrons. The second-order valence-electron chi connectivity index (χ2n) is 4.78. The zero-order chi connectivity index (χ0) is 15.4. The Balaban J connectivity index is 3.03. The zero-order valence-corrected chi connectivity index (χ0v) is 11.5. The monoisotopic (exact) mass is 284 g/mol. The Kier molecular flexibility index (Phi) is 4.98. The van der Waals surface area contributed by atoms with E-state index in [1.165, 1.54) is 0 Å². The van der Waals surface area contributed by atoms with E-state index >= 15 is 0 Å². The molecule has 20 heavy (non-hydrogen) atoms. The lowest BCUT2D eigenvalue weighted by Crippen LogP contribution is -2.39. The molecule has 0 saturated heterocycles. The molecule has 1 rings (SSSR count). The summed E-state index contributed by atoms with van der Waals surface area (Å²) in [6.45, 7) is 2.33. The number of nitrogen functional groups attached to an aromatic ring is 1. The molecule has 0 saturated carbocycles. The van der Waals surface area contributed by atoms with E-state index in [9.17, 15) is 19.3 Å². The molecule has 0 aliphatic rings. The third-order valence-electron chi connectivity index (χ3n) is 2.57. The Morgan fingerprint density at radius 3 is 2.65 bits per heavy atom. The average Bonchev–Trinajstić information content (AvgIpc) is 2.30. The van der Waals surface area contributed by atoms with E-state index in [0.29, 0.717) is 12.6 Å². The third-order valence-corrected chi connectivity index (χ3v) is 2.57. The van der Waals surface area contributed by atoms with Crippen molar-refractivity contribution in [3.8, 4) is 0 Å². The largest absolute Gasteiger partial charge is 0.396 e. The van der Waals surface area contributed by atoms with Gasteiger partial charge in [0.15, 0.2) is 5.82 Å². The standard InChI is InChI=1S/C12H17FN4O3/c1-7(6-16(2)3)15-12(18)8-4-10(14)9(13)5-11(8)17(19)20/h4-5,7H,6,14H2,1-3H3,(H,15,18). The van der Waals surface area contributed by atoms with Crippen LogP contribution in [0.15, 0.2) is 12.1 Å². The summed E-state index contributed by atoms with van der Waals surface area (Å²) in [4.78, 5) is 23.9. The number of carbonyl (C=O) groups excluding carboxylic acids is 1. The van der Waals surface area contributed by atoms with Crippen molar-refractivity contribution >= 4 is 17.3 Å². The topological polar surface area (TPSA) is 102 Å². The van der Waals surface area contributed by atoms with Crippen molar-refractivity contribution < 1.29 is 14.1 Å². The Morgan fingerprint density at radius 2 is 2.15 bits per heavy atom. The summed E-state index contributed by atoms with van der Waals surface area (Å²) >= 11 is 0. The Morgan fingerprint density at radius 1 is 1.55 bits per heavy atom. The van der Waals surface area contributed by atoms with E-state index in [-0.39, 0.29) is 17.3 Å². The molecule has 7 nitrogen and oxygen atoms in total. The van der Waals surface area contributed by atoms with Gasteiger partial charge in [0.25, 0.3) is 11.6 Å². The second-order valence-corrected chi connectivity index (χ2v) is 4.78. The van der Waals surface area contributed by atoms with E-state index in [1.54, 1.807) is 6.92 Å². The number of nitrogens with zero attached hydrogens (tertiary/aromatic N) is 2. The summed E-state index contributed by atoms with van der Waals surface area (Å²) in [5.41, 5.74) is 4.19. The number of nitrogens with two attached hydrogens (primary N) is 1. The average molecular weight is 284 g/mol. The fraction of sp³-hybridized carbons (Fsp3) is 0.417. The van der Waals surface area contributed by atoms with Crippen molar-refractivity contribution in [2.45, 2.75) is 13.0 Å². The van der Waals surface area contributed by atoms with E-state index in [0.717, 1.165) is 6.07 Å². The molecule has 0 aliphatic heterocycles. The first-order chi connectivity index (χ1) is 9.22. The lowest BCUT2D eigenvalue weighted by Gasteiger charge is -2.18. The third kappa shape index (κ3) is 3.89. The van der Waals surface area contributed by atoms with Gasteiger partial charge < -0.3 is 16.0 Å². The van der Waals surface area contributed by atoms with Crippen LogP contribution in [0, 0.1) is 15.9 Å². The van der Waals surface area contributed by atoms with E-state index in [4.69, 9.17) is 5.73 Å². The van der Waals surface area contributed by atoms with Crippen LogP contribution >= 0.6 is 0 Å². The molecule has 1 aromatic carbocycles. The zero-order valence-electron chi connectivity index (χ0n) is 11.5. The number of nitro groups is 1. The molecule has 1 aromatic rings. The smallest absolute Gasteiger partial charge is 0.285 e. The highest BCUT2D eigenvalue weighted by atomic mass is 19.1. The summed E-state index contributed by atoms with van der Waals surface area (Å²) in [5, 5.41) is 13.5. The van der Waals surface area contributed by atoms with Crippen LogP contribution in [-0.2, 0) is 0 Å². The number of likely N-dealkylation sites (N-methyl/N-ethyl adjacent to an activating group) is 1. The predicted molar refractivity (Wildman–Crippen MR) is 72.9 cm³/mol. The van der Waals surface area contributed by atoms with Gasteiger partial charge in [-0.15, -0.1) is 0 Å². The number of hydrogen-bond acceptors (Lipinski definition) is 5. The maximum absolute atomic E-state index is 13.2. The molecule has 8 heteroatoms. The first-order valence-electron chi connectivity index (χ1n) is 5.91. The Bertz CT molecular complexity index is 534. The summed E-state index contributed by atoms with van der Waals surface area (Å²) in [6, 6.07) is 1.41. The van der Waals surface area contributed by atoms with Crippen LogP contribution in [0.2, 0.25) is 0 Å². The Labute approximate surface area is 115 Å². The van der Waals surface area contributed by atoms with Gasteiger partial charge in [0.05, 0.1) is 16.7 Å². The normalized spacial score (nSPS) is 12.2. The number of amides is 1. The minimum absolute atomic E-state index is 0.219. The SMILES string of the molecule is CC(CN(C)C)NC(=O)c1cc(N)c(F)cc1[N+](=O)[O-]. The summed E-state index contributed by atoms with van der Waals surface area (Å²) in [7, 11) is 3.67. The van der Waals surface area contributed by atoms with Crippen molar-refractivity contribution in [2.75, 3.05) is 26.4 Å². The van der Waals surface area contributed by atoms with Gasteiger partial charge in [0.1, 0.15) is 5.56 Å². The van der Waals surface area contributed by atoms with Crippen molar-refractivity contribution in [2.24, 2.45) is 0 Å². The number of halogens is 1. The predicted octanol–water partition coefficient (Wildman–Crippen LogP) is 0.996. The van der Waals surface area contributed by atoms with Crippen LogP contribution in [0.3, 0.4) is 0 Å². The van der Waals surface area contributed by atoms with Gasteiger partial charge in [-0.3, -0.25) is 14.9 Å². The second kappa shape index (κ2) is 6.29. The number of hydrogen-bond donors (Lipinski definition) is 2. The molecule has 0 fully saturated rings. The van der Waals surface area contributed by atoms with Gasteiger partial charge in [-0.2, -0.15) is 0 Å². The van der Waals surface area contributed by atoms with Crippen molar-refractivity contribution in [1.29, 1.82) is 0 Å². The molecule has 3 N–H and O–H groups in total. The van der Waals surface area contributed by atoms with Crippen LogP contribution in [0.25, 0.3) is 0 Å². The van der Waals surface area contributed by atoms with Gasteiger partial charge in [0, 0.05) is 12.6 Å². The van der Waals surface area contributed by atoms with Crippen LogP contribution in [0.1, 0.15) is 17.3 Å². The highest BCUT2D eigenvalue weighted by molar-refractivity contribution is 5.99. The van der Waals surface area contributed by atoms with Gasteiger partial charge >= 0.3 is 0 Å². The molecule has 0 aliphatic carbocycles. The van der Waals surface area contributed by atoms with E-state index < -0.39 is 22.3 Å². The van der Waals surface area contributed by atoms with Crippen LogP contribution in [0.4, 0.5) is 15.8 Å². The number of anilines is 1. The number of carbonyl (C=O) groups is 1. The fourth-order valence-electron chi connectivity index (χ4n) is 1.81. The minimum atomic E-state index is -0.922. The molecule has 0 heterocycles. The first kappa shape index (κ1) is 15.8. The molecule has 0 bridgehead atoms. The van der Waals surface area contributed by atoms with Crippen LogP contribution < -0.4 is 11.1 Å². The van der Waals surface area contributed by atoms with Crippen LogP contribution in [0.5, 0.6) is 0 Å². The molecule has 110 valence electrons. The van der Waals surface area contributed by atoms with E-state index in [2.05, 4.69) is 5.32 Å². The number of benzene rings is 1. The summed E-state index contributed by atoms with van der Waals surface area (Å²) in [6.07, 6.45) is 0. The highest BCUT2D eigenvalue weighted by Gasteiger charge is 2.23. The molecule has 0 spiro atoms. The quantitative estimate of drug-likeness (QED) is 0.477. The molecular formula is C12H17FN4O3.